The van der Waals surface area contributed by atoms with E-state index >= 15 is 0 Å². The Kier molecular flexibility index (Phi) is 13.0. The first-order valence-corrected chi connectivity index (χ1v) is 8.15. The lowest BCUT2D eigenvalue weighted by Gasteiger charge is -2.14. The number of ether oxygens (including phenoxy) is 1. The van der Waals surface area contributed by atoms with Crippen molar-refractivity contribution in [3.05, 3.63) is 0 Å². The summed E-state index contributed by atoms with van der Waals surface area (Å²) >= 11 is 1.67. The molecule has 0 spiro atoms. The van der Waals surface area contributed by atoms with Crippen molar-refractivity contribution in [2.45, 2.75) is 64.0 Å². The number of carbonyl (C=O) groups excluding carboxylic acids is 1. The van der Waals surface area contributed by atoms with Crippen LogP contribution in [0.4, 0.5) is 4.39 Å². The summed E-state index contributed by atoms with van der Waals surface area (Å²) in [6.07, 6.45) is 6.85. The van der Waals surface area contributed by atoms with Crippen LogP contribution in [0.1, 0.15) is 58.8 Å². The van der Waals surface area contributed by atoms with Gasteiger partial charge in [-0.1, -0.05) is 32.6 Å². The molecule has 0 saturated carbocycles. The van der Waals surface area contributed by atoms with Gasteiger partial charge in [0.25, 0.3) is 0 Å². The molecule has 108 valence electrons. The number of hydrogen-bond acceptors (Lipinski definition) is 3. The SMILES string of the molecule is CCCCCC(SCCCCCF)C(=O)OCC. The molecular weight excluding hydrogens is 251 g/mol. The Hall–Kier alpha value is -0.250. The van der Waals surface area contributed by atoms with Gasteiger partial charge < -0.3 is 4.74 Å². The monoisotopic (exact) mass is 278 g/mol. The summed E-state index contributed by atoms with van der Waals surface area (Å²) in [5.41, 5.74) is 0. The highest BCUT2D eigenvalue weighted by atomic mass is 32.2. The van der Waals surface area contributed by atoms with Crippen LogP contribution < -0.4 is 0 Å². The van der Waals surface area contributed by atoms with E-state index in [0.29, 0.717) is 13.0 Å². The Balaban J connectivity index is 3.84. The third-order valence-electron chi connectivity index (χ3n) is 2.72. The molecule has 0 rings (SSSR count). The maximum atomic E-state index is 11.9. The van der Waals surface area contributed by atoms with Crippen LogP contribution in [0.3, 0.4) is 0 Å². The van der Waals surface area contributed by atoms with Gasteiger partial charge >= 0.3 is 5.97 Å². The van der Waals surface area contributed by atoms with Gasteiger partial charge in [-0.25, -0.2) is 0 Å². The van der Waals surface area contributed by atoms with Crippen molar-refractivity contribution in [2.24, 2.45) is 0 Å². The van der Waals surface area contributed by atoms with Crippen LogP contribution in [0.2, 0.25) is 0 Å². The quantitative estimate of drug-likeness (QED) is 0.391. The lowest BCUT2D eigenvalue weighted by molar-refractivity contribution is -0.142. The Bertz CT molecular complexity index is 200. The molecule has 4 heteroatoms. The van der Waals surface area contributed by atoms with E-state index in [1.54, 1.807) is 11.8 Å². The largest absolute Gasteiger partial charge is 0.465 e. The normalized spacial score (nSPS) is 12.4. The van der Waals surface area contributed by atoms with Gasteiger partial charge in [-0.2, -0.15) is 0 Å². The van der Waals surface area contributed by atoms with Crippen molar-refractivity contribution < 1.29 is 13.9 Å². The molecule has 0 amide bonds. The molecule has 0 fully saturated rings. The number of unbranched alkanes of at least 4 members (excludes halogenated alkanes) is 4. The smallest absolute Gasteiger partial charge is 0.319 e. The highest BCUT2D eigenvalue weighted by Gasteiger charge is 2.19. The molecule has 0 aliphatic carbocycles. The standard InChI is InChI=1S/C14H27FO2S/c1-3-5-7-10-13(14(16)17-4-2)18-12-9-6-8-11-15/h13H,3-12H2,1-2H3. The first kappa shape index (κ1) is 17.8. The molecular formula is C14H27FO2S. The fraction of sp³-hybridized carbons (Fsp3) is 0.929. The number of esters is 1. The Labute approximate surface area is 115 Å². The lowest BCUT2D eigenvalue weighted by atomic mass is 10.1. The van der Waals surface area contributed by atoms with Crippen LogP contribution in [0, 0.1) is 0 Å². The van der Waals surface area contributed by atoms with Gasteiger partial charge in [0.2, 0.25) is 0 Å². The zero-order valence-electron chi connectivity index (χ0n) is 11.8. The summed E-state index contributed by atoms with van der Waals surface area (Å²) in [5, 5.41) is -0.0260. The molecule has 0 heterocycles. The zero-order valence-corrected chi connectivity index (χ0v) is 12.6. The zero-order chi connectivity index (χ0) is 13.6. The topological polar surface area (TPSA) is 26.3 Å². The second kappa shape index (κ2) is 13.2. The van der Waals surface area contributed by atoms with Crippen LogP contribution in [-0.4, -0.2) is 30.3 Å². The predicted molar refractivity (Wildman–Crippen MR) is 76.8 cm³/mol. The molecule has 18 heavy (non-hydrogen) atoms. The first-order chi connectivity index (χ1) is 8.76. The highest BCUT2D eigenvalue weighted by molar-refractivity contribution is 8.00. The summed E-state index contributed by atoms with van der Waals surface area (Å²) in [5.74, 6) is 0.847. The number of thioether (sulfide) groups is 1. The molecule has 1 unspecified atom stereocenters. The number of alkyl halides is 1. The highest BCUT2D eigenvalue weighted by Crippen LogP contribution is 2.21. The third-order valence-corrected chi connectivity index (χ3v) is 4.07. The second-order valence-corrected chi connectivity index (χ2v) is 5.67. The van der Waals surface area contributed by atoms with Crippen molar-refractivity contribution >= 4 is 17.7 Å². The maximum Gasteiger partial charge on any atom is 0.319 e. The van der Waals surface area contributed by atoms with Crippen molar-refractivity contribution in [1.29, 1.82) is 0 Å². The van der Waals surface area contributed by atoms with E-state index in [2.05, 4.69) is 6.92 Å². The summed E-state index contributed by atoms with van der Waals surface area (Å²) in [7, 11) is 0. The molecule has 2 nitrogen and oxygen atoms in total. The van der Waals surface area contributed by atoms with Crippen molar-refractivity contribution in [1.82, 2.24) is 0 Å². The summed E-state index contributed by atoms with van der Waals surface area (Å²) in [6, 6.07) is 0. The van der Waals surface area contributed by atoms with Crippen molar-refractivity contribution in [3.8, 4) is 0 Å². The minimum absolute atomic E-state index is 0.0260. The Morgan fingerprint density at radius 3 is 2.56 bits per heavy atom. The minimum Gasteiger partial charge on any atom is -0.465 e. The van der Waals surface area contributed by atoms with E-state index in [-0.39, 0.29) is 17.9 Å². The van der Waals surface area contributed by atoms with E-state index in [1.807, 2.05) is 6.92 Å². The van der Waals surface area contributed by atoms with Crippen LogP contribution in [0.25, 0.3) is 0 Å². The first-order valence-electron chi connectivity index (χ1n) is 7.10. The van der Waals surface area contributed by atoms with Crippen molar-refractivity contribution in [3.63, 3.8) is 0 Å². The summed E-state index contributed by atoms with van der Waals surface area (Å²) in [6.45, 7) is 4.21. The number of hydrogen-bond donors (Lipinski definition) is 0. The van der Waals surface area contributed by atoms with E-state index in [9.17, 15) is 9.18 Å². The number of carbonyl (C=O) groups is 1. The second-order valence-electron chi connectivity index (χ2n) is 4.36. The molecule has 0 bridgehead atoms. The third kappa shape index (κ3) is 9.75. The fourth-order valence-electron chi connectivity index (χ4n) is 1.68. The average molecular weight is 278 g/mol. The van der Waals surface area contributed by atoms with Gasteiger partial charge in [0.15, 0.2) is 0 Å². The van der Waals surface area contributed by atoms with Gasteiger partial charge in [0.05, 0.1) is 13.3 Å². The van der Waals surface area contributed by atoms with Gasteiger partial charge in [0.1, 0.15) is 5.25 Å². The predicted octanol–water partition coefficient (Wildman–Crippen LogP) is 4.37. The fourth-order valence-corrected chi connectivity index (χ4v) is 2.88. The van der Waals surface area contributed by atoms with Crippen LogP contribution in [0.5, 0.6) is 0 Å². The Morgan fingerprint density at radius 1 is 1.17 bits per heavy atom. The van der Waals surface area contributed by atoms with Gasteiger partial charge in [0, 0.05) is 0 Å². The van der Waals surface area contributed by atoms with Crippen LogP contribution >= 0.6 is 11.8 Å². The van der Waals surface area contributed by atoms with Crippen LogP contribution in [0.15, 0.2) is 0 Å². The number of halogens is 1. The van der Waals surface area contributed by atoms with E-state index < -0.39 is 0 Å². The molecule has 0 aromatic rings. The van der Waals surface area contributed by atoms with Gasteiger partial charge in [-0.05, 0) is 31.9 Å². The molecule has 0 aromatic carbocycles. The molecule has 0 radical (unpaired) electrons. The van der Waals surface area contributed by atoms with E-state index in [0.717, 1.165) is 44.3 Å². The maximum absolute atomic E-state index is 11.9. The molecule has 0 N–H and O–H groups in total. The molecule has 0 aliphatic rings. The average Bonchev–Trinajstić information content (AvgIpc) is 2.37. The van der Waals surface area contributed by atoms with Crippen LogP contribution in [-0.2, 0) is 9.53 Å². The van der Waals surface area contributed by atoms with Gasteiger partial charge in [-0.3, -0.25) is 9.18 Å². The molecule has 0 aliphatic heterocycles. The summed E-state index contributed by atoms with van der Waals surface area (Å²) in [4.78, 5) is 11.8. The van der Waals surface area contributed by atoms with Gasteiger partial charge in [-0.15, -0.1) is 11.8 Å². The lowest BCUT2D eigenvalue weighted by Crippen LogP contribution is -2.20. The molecule has 0 aromatic heterocycles. The van der Waals surface area contributed by atoms with Crippen molar-refractivity contribution in [2.75, 3.05) is 19.0 Å². The van der Waals surface area contributed by atoms with E-state index in [4.69, 9.17) is 4.74 Å². The summed E-state index contributed by atoms with van der Waals surface area (Å²) < 4.78 is 17.0. The number of rotatable bonds is 12. The minimum atomic E-state index is -0.234. The van der Waals surface area contributed by atoms with E-state index in [1.165, 1.54) is 0 Å². The molecule has 0 saturated heterocycles. The Morgan fingerprint density at radius 2 is 1.94 bits per heavy atom. The molecule has 1 atom stereocenters.